The minimum Gasteiger partial charge on any atom is -0.325 e. The van der Waals surface area contributed by atoms with Crippen LogP contribution in [-0.2, 0) is 4.79 Å². The van der Waals surface area contributed by atoms with E-state index in [4.69, 9.17) is 0 Å². The predicted molar refractivity (Wildman–Crippen MR) is 61.9 cm³/mol. The van der Waals surface area contributed by atoms with E-state index in [9.17, 15) is 4.79 Å². The van der Waals surface area contributed by atoms with Gasteiger partial charge in [0.05, 0.1) is 11.7 Å². The summed E-state index contributed by atoms with van der Waals surface area (Å²) in [5.41, 5.74) is -0.135. The quantitative estimate of drug-likeness (QED) is 0.729. The third-order valence-corrected chi connectivity index (χ3v) is 4.32. The van der Waals surface area contributed by atoms with Crippen LogP contribution in [0.5, 0.6) is 0 Å². The Hall–Kier alpha value is -0.610. The largest absolute Gasteiger partial charge is 0.325 e. The second-order valence-corrected chi connectivity index (χ2v) is 5.78. The van der Waals surface area contributed by atoms with Crippen molar-refractivity contribution in [3.8, 4) is 0 Å². The maximum atomic E-state index is 12.2. The molecule has 3 rings (SSSR count). The van der Waals surface area contributed by atoms with Gasteiger partial charge in [0.1, 0.15) is 0 Å². The molecule has 3 aliphatic rings. The van der Waals surface area contributed by atoms with Gasteiger partial charge in [-0.1, -0.05) is 0 Å². The highest BCUT2D eigenvalue weighted by atomic mass is 16.2. The summed E-state index contributed by atoms with van der Waals surface area (Å²) in [5.74, 6) is 1.03. The molecule has 0 radical (unpaired) electrons. The standard InChI is InChI=1S/C12H21N3O/c1-9-13-12(4-5-12)11(16)15(9)8-10-3-6-14(2)7-10/h9-10,13H,3-8H2,1-2H3. The third-order valence-electron chi connectivity index (χ3n) is 4.32. The summed E-state index contributed by atoms with van der Waals surface area (Å²) in [6.07, 6.45) is 3.55. The van der Waals surface area contributed by atoms with E-state index in [1.165, 1.54) is 13.0 Å². The van der Waals surface area contributed by atoms with Gasteiger partial charge < -0.3 is 9.80 Å². The first kappa shape index (κ1) is 10.5. The number of nitrogens with one attached hydrogen (secondary N) is 1. The molecule has 2 saturated heterocycles. The molecule has 1 aliphatic carbocycles. The van der Waals surface area contributed by atoms with Crippen LogP contribution < -0.4 is 5.32 Å². The van der Waals surface area contributed by atoms with Gasteiger partial charge in [0.15, 0.2) is 0 Å². The first-order valence-corrected chi connectivity index (χ1v) is 6.38. The van der Waals surface area contributed by atoms with Gasteiger partial charge in [0.25, 0.3) is 0 Å². The second-order valence-electron chi connectivity index (χ2n) is 5.78. The molecule has 4 heteroatoms. The van der Waals surface area contributed by atoms with Crippen LogP contribution in [0.1, 0.15) is 26.2 Å². The van der Waals surface area contributed by atoms with Crippen LogP contribution in [0.3, 0.4) is 0 Å². The SMILES string of the molecule is CC1NC2(CC2)C(=O)N1CC1CCN(C)C1. The van der Waals surface area contributed by atoms with Crippen LogP contribution in [0.4, 0.5) is 0 Å². The van der Waals surface area contributed by atoms with E-state index >= 15 is 0 Å². The zero-order valence-corrected chi connectivity index (χ0v) is 10.2. The molecule has 1 amide bonds. The Morgan fingerprint density at radius 2 is 2.25 bits per heavy atom. The number of hydrogen-bond donors (Lipinski definition) is 1. The fourth-order valence-corrected chi connectivity index (χ4v) is 3.17. The van der Waals surface area contributed by atoms with Gasteiger partial charge in [0, 0.05) is 13.1 Å². The van der Waals surface area contributed by atoms with Gasteiger partial charge in [-0.15, -0.1) is 0 Å². The third kappa shape index (κ3) is 1.55. The van der Waals surface area contributed by atoms with Gasteiger partial charge >= 0.3 is 0 Å². The molecule has 2 aliphatic heterocycles. The number of rotatable bonds is 2. The Morgan fingerprint density at radius 3 is 2.75 bits per heavy atom. The fraction of sp³-hybridized carbons (Fsp3) is 0.917. The fourth-order valence-electron chi connectivity index (χ4n) is 3.17. The minimum absolute atomic E-state index is 0.135. The van der Waals surface area contributed by atoms with Crippen LogP contribution in [0.25, 0.3) is 0 Å². The average molecular weight is 223 g/mol. The summed E-state index contributed by atoms with van der Waals surface area (Å²) >= 11 is 0. The van der Waals surface area contributed by atoms with Crippen molar-refractivity contribution in [3.63, 3.8) is 0 Å². The van der Waals surface area contributed by atoms with Crippen molar-refractivity contribution in [2.24, 2.45) is 5.92 Å². The lowest BCUT2D eigenvalue weighted by Gasteiger charge is -2.24. The zero-order valence-electron chi connectivity index (χ0n) is 10.2. The summed E-state index contributed by atoms with van der Waals surface area (Å²) in [6.45, 7) is 5.38. The molecule has 0 aromatic carbocycles. The van der Waals surface area contributed by atoms with Gasteiger partial charge in [-0.05, 0) is 45.7 Å². The van der Waals surface area contributed by atoms with E-state index in [1.54, 1.807) is 0 Å². The molecule has 0 aromatic rings. The molecule has 2 unspecified atom stereocenters. The highest BCUT2D eigenvalue weighted by Crippen LogP contribution is 2.42. The molecular weight excluding hydrogens is 202 g/mol. The summed E-state index contributed by atoms with van der Waals surface area (Å²) in [5, 5.41) is 3.45. The molecule has 1 N–H and O–H groups in total. The summed E-state index contributed by atoms with van der Waals surface area (Å²) in [6, 6.07) is 0. The van der Waals surface area contributed by atoms with E-state index in [0.29, 0.717) is 11.8 Å². The molecule has 1 spiro atoms. The van der Waals surface area contributed by atoms with Crippen molar-refractivity contribution in [2.45, 2.75) is 37.9 Å². The summed E-state index contributed by atoms with van der Waals surface area (Å²) in [4.78, 5) is 16.6. The van der Waals surface area contributed by atoms with Crippen molar-refractivity contribution in [1.29, 1.82) is 0 Å². The molecule has 1 saturated carbocycles. The maximum Gasteiger partial charge on any atom is 0.244 e. The lowest BCUT2D eigenvalue weighted by Crippen LogP contribution is -2.39. The zero-order chi connectivity index (χ0) is 11.3. The maximum absolute atomic E-state index is 12.2. The minimum atomic E-state index is -0.135. The van der Waals surface area contributed by atoms with E-state index in [1.807, 2.05) is 0 Å². The van der Waals surface area contributed by atoms with Gasteiger partial charge in [0.2, 0.25) is 5.91 Å². The first-order chi connectivity index (χ1) is 7.61. The summed E-state index contributed by atoms with van der Waals surface area (Å²) in [7, 11) is 2.16. The highest BCUT2D eigenvalue weighted by molar-refractivity contribution is 5.91. The van der Waals surface area contributed by atoms with E-state index in [-0.39, 0.29) is 11.7 Å². The number of carbonyl (C=O) groups excluding carboxylic acids is 1. The van der Waals surface area contributed by atoms with Crippen molar-refractivity contribution >= 4 is 5.91 Å². The number of nitrogens with zero attached hydrogens (tertiary/aromatic N) is 2. The van der Waals surface area contributed by atoms with Crippen molar-refractivity contribution in [3.05, 3.63) is 0 Å². The lowest BCUT2D eigenvalue weighted by atomic mass is 10.1. The van der Waals surface area contributed by atoms with Gasteiger partial charge in [-0.25, -0.2) is 0 Å². The monoisotopic (exact) mass is 223 g/mol. The first-order valence-electron chi connectivity index (χ1n) is 6.38. The average Bonchev–Trinajstić information content (AvgIpc) is 2.84. The number of likely N-dealkylation sites (tertiary alicyclic amines) is 1. The molecule has 16 heavy (non-hydrogen) atoms. The van der Waals surface area contributed by atoms with E-state index < -0.39 is 0 Å². The molecule has 4 nitrogen and oxygen atoms in total. The molecule has 2 heterocycles. The Morgan fingerprint density at radius 1 is 1.50 bits per heavy atom. The molecule has 0 bridgehead atoms. The second kappa shape index (κ2) is 3.44. The smallest absolute Gasteiger partial charge is 0.244 e. The Balaban J connectivity index is 1.64. The Kier molecular flexibility index (Phi) is 2.27. The van der Waals surface area contributed by atoms with Crippen molar-refractivity contribution in [1.82, 2.24) is 15.1 Å². The molecule has 90 valence electrons. The number of amides is 1. The number of hydrogen-bond acceptors (Lipinski definition) is 3. The summed E-state index contributed by atoms with van der Waals surface area (Å²) < 4.78 is 0. The van der Waals surface area contributed by atoms with Crippen LogP contribution in [0, 0.1) is 5.92 Å². The molecule has 3 fully saturated rings. The van der Waals surface area contributed by atoms with Crippen LogP contribution in [-0.4, -0.2) is 54.1 Å². The normalized spacial score (nSPS) is 37.6. The molecule has 2 atom stereocenters. The van der Waals surface area contributed by atoms with E-state index in [0.717, 1.165) is 25.9 Å². The Bertz CT molecular complexity index is 313. The van der Waals surface area contributed by atoms with Gasteiger partial charge in [-0.3, -0.25) is 10.1 Å². The topological polar surface area (TPSA) is 35.6 Å². The van der Waals surface area contributed by atoms with Crippen molar-refractivity contribution < 1.29 is 4.79 Å². The van der Waals surface area contributed by atoms with Crippen LogP contribution >= 0.6 is 0 Å². The van der Waals surface area contributed by atoms with Gasteiger partial charge in [-0.2, -0.15) is 0 Å². The predicted octanol–water partition coefficient (Wildman–Crippen LogP) is 0.249. The van der Waals surface area contributed by atoms with E-state index in [2.05, 4.69) is 29.1 Å². The highest BCUT2D eigenvalue weighted by Gasteiger charge is 2.58. The Labute approximate surface area is 97.0 Å². The van der Waals surface area contributed by atoms with Crippen LogP contribution in [0.15, 0.2) is 0 Å². The molecule has 0 aromatic heterocycles. The van der Waals surface area contributed by atoms with Crippen molar-refractivity contribution in [2.75, 3.05) is 26.7 Å². The number of carbonyl (C=O) groups is 1. The lowest BCUT2D eigenvalue weighted by molar-refractivity contribution is -0.131. The van der Waals surface area contributed by atoms with Crippen LogP contribution in [0.2, 0.25) is 0 Å². The molecular formula is C12H21N3O.